The molecule has 3 nitrogen and oxygen atoms in total. The van der Waals surface area contributed by atoms with Crippen LogP contribution < -0.4 is 7.22 Å². The Morgan fingerprint density at radius 3 is 1.52 bits per heavy atom. The van der Waals surface area contributed by atoms with Crippen molar-refractivity contribution < 1.29 is 37.3 Å². The van der Waals surface area contributed by atoms with Crippen LogP contribution in [0.25, 0.3) is 11.1 Å². The van der Waals surface area contributed by atoms with Gasteiger partial charge in [0.15, 0.2) is 0 Å². The molecule has 2 aromatic carbocycles. The molecule has 11 heteroatoms. The average Bonchev–Trinajstić information content (AvgIpc) is 2.78. The maximum absolute atomic E-state index is 14.0. The van der Waals surface area contributed by atoms with Gasteiger partial charge >= 0.3 is 143 Å². The zero-order valence-electron chi connectivity index (χ0n) is 11.9. The Hall–Kier alpha value is -1.28. The quantitative estimate of drug-likeness (QED) is 0.364. The first-order valence-corrected chi connectivity index (χ1v) is 12.4. The van der Waals surface area contributed by atoms with E-state index in [1.54, 1.807) is 0 Å². The summed E-state index contributed by atoms with van der Waals surface area (Å²) in [6, 6.07) is 9.83. The Morgan fingerprint density at radius 2 is 1.16 bits per heavy atom. The van der Waals surface area contributed by atoms with Crippen LogP contribution in [0.3, 0.4) is 0 Å². The summed E-state index contributed by atoms with van der Waals surface area (Å²) in [5.41, 5.74) is -5.88. The van der Waals surface area contributed by atoms with Crippen LogP contribution in [0.4, 0.5) is 26.3 Å². The molecule has 0 aliphatic carbocycles. The van der Waals surface area contributed by atoms with Gasteiger partial charge in [-0.25, -0.2) is 0 Å². The summed E-state index contributed by atoms with van der Waals surface area (Å²) in [6.07, 6.45) is 0. The first kappa shape index (κ1) is 18.5. The van der Waals surface area contributed by atoms with Gasteiger partial charge in [-0.1, -0.05) is 0 Å². The SMILES string of the molecule is O=S(=O)(O[Te]1(C(F)(F)F)c2ccccc2-c2ccccc21)C(F)(F)F. The van der Waals surface area contributed by atoms with Gasteiger partial charge in [-0.3, -0.25) is 0 Å². The summed E-state index contributed by atoms with van der Waals surface area (Å²) >= 11 is -6.45. The van der Waals surface area contributed by atoms with E-state index in [9.17, 15) is 34.8 Å². The van der Waals surface area contributed by atoms with E-state index in [-0.39, 0.29) is 11.1 Å². The third-order valence-corrected chi connectivity index (χ3v) is 15.1. The zero-order valence-corrected chi connectivity index (χ0v) is 15.1. The molecule has 0 saturated heterocycles. The molecule has 0 aromatic heterocycles. The van der Waals surface area contributed by atoms with E-state index in [4.69, 9.17) is 0 Å². The Bertz CT molecular complexity index is 891. The summed E-state index contributed by atoms with van der Waals surface area (Å²) in [5.74, 6) is 0. The van der Waals surface area contributed by atoms with Crippen LogP contribution in [-0.4, -0.2) is 36.7 Å². The summed E-state index contributed by atoms with van der Waals surface area (Å²) < 4.78 is 101. The number of halogens is 6. The number of alkyl halides is 6. The van der Waals surface area contributed by atoms with E-state index in [1.807, 2.05) is 0 Å². The van der Waals surface area contributed by atoms with Crippen molar-refractivity contribution in [3.63, 3.8) is 0 Å². The summed E-state index contributed by atoms with van der Waals surface area (Å²) in [6.45, 7) is 0. The van der Waals surface area contributed by atoms with Gasteiger partial charge in [-0.15, -0.1) is 0 Å². The standard InChI is InChI=1S/C14H8F6O3STe/c15-13(16,17)24(21,22)23-25(14(18,19)20)11-7-3-1-5-9(11)10-6-2-4-8-12(10)25/h1-8H. The minimum atomic E-state index is -6.45. The van der Waals surface area contributed by atoms with E-state index >= 15 is 0 Å². The Labute approximate surface area is 142 Å². The molecular formula is C14H8F6O3STe. The van der Waals surface area contributed by atoms with Crippen LogP contribution in [0.2, 0.25) is 0 Å². The van der Waals surface area contributed by atoms with E-state index in [0.717, 1.165) is 12.1 Å². The molecule has 0 bridgehead atoms. The summed E-state index contributed by atoms with van der Waals surface area (Å²) in [4.78, 5) is 0. The second-order valence-electron chi connectivity index (χ2n) is 4.96. The average molecular weight is 498 g/mol. The Morgan fingerprint density at radius 1 is 0.760 bits per heavy atom. The van der Waals surface area contributed by atoms with Crippen molar-refractivity contribution in [2.45, 2.75) is 9.73 Å². The van der Waals surface area contributed by atoms with Crippen molar-refractivity contribution in [3.8, 4) is 11.1 Å². The molecule has 1 aliphatic rings. The molecule has 0 amide bonds. The second-order valence-corrected chi connectivity index (χ2v) is 14.6. The summed E-state index contributed by atoms with van der Waals surface area (Å²) in [7, 11) is -6.44. The fourth-order valence-corrected chi connectivity index (χ4v) is 14.4. The van der Waals surface area contributed by atoms with Crippen LogP contribution in [0, 0.1) is 0 Å². The van der Waals surface area contributed by atoms with Gasteiger partial charge in [-0.05, 0) is 0 Å². The van der Waals surface area contributed by atoms with Crippen LogP contribution in [0.15, 0.2) is 48.5 Å². The fraction of sp³-hybridized carbons (Fsp3) is 0.143. The van der Waals surface area contributed by atoms with E-state index in [2.05, 4.69) is 2.55 Å². The predicted octanol–water partition coefficient (Wildman–Crippen LogP) is 2.69. The van der Waals surface area contributed by atoms with Crippen molar-refractivity contribution in [1.82, 2.24) is 0 Å². The zero-order chi connectivity index (χ0) is 18.7. The molecular weight excluding hydrogens is 490 g/mol. The third-order valence-electron chi connectivity index (χ3n) is 3.48. The molecule has 136 valence electrons. The maximum atomic E-state index is 14.0. The second kappa shape index (κ2) is 5.61. The molecule has 3 rings (SSSR count). The third kappa shape index (κ3) is 2.65. The van der Waals surface area contributed by atoms with Crippen molar-refractivity contribution in [2.75, 3.05) is 0 Å². The first-order valence-electron chi connectivity index (χ1n) is 6.52. The van der Waals surface area contributed by atoms with Gasteiger partial charge in [0.05, 0.1) is 0 Å². The topological polar surface area (TPSA) is 43.4 Å². The van der Waals surface area contributed by atoms with Gasteiger partial charge in [-0.2, -0.15) is 0 Å². The van der Waals surface area contributed by atoms with E-state index < -0.39 is 45.7 Å². The Kier molecular flexibility index (Phi) is 4.15. The molecule has 0 atom stereocenters. The fourth-order valence-electron chi connectivity index (χ4n) is 2.53. The van der Waals surface area contributed by atoms with Crippen molar-refractivity contribution in [3.05, 3.63) is 48.5 Å². The molecule has 0 unspecified atom stereocenters. The monoisotopic (exact) mass is 500 g/mol. The minimum absolute atomic E-state index is 0.0361. The number of hydrogen-bond donors (Lipinski definition) is 0. The van der Waals surface area contributed by atoms with Crippen molar-refractivity contribution in [2.24, 2.45) is 0 Å². The van der Waals surface area contributed by atoms with E-state index in [0.29, 0.717) is 0 Å². The van der Waals surface area contributed by atoms with Gasteiger partial charge in [0, 0.05) is 0 Å². The van der Waals surface area contributed by atoms with Crippen LogP contribution >= 0.6 is 0 Å². The molecule has 0 saturated carbocycles. The van der Waals surface area contributed by atoms with Crippen LogP contribution in [-0.2, 0) is 12.7 Å². The molecule has 0 spiro atoms. The molecule has 1 aliphatic heterocycles. The van der Waals surface area contributed by atoms with E-state index in [1.165, 1.54) is 36.4 Å². The van der Waals surface area contributed by atoms with Gasteiger partial charge < -0.3 is 0 Å². The molecule has 2 aromatic rings. The number of fused-ring (bicyclic) bond motifs is 3. The van der Waals surface area contributed by atoms with Crippen LogP contribution in [0.1, 0.15) is 0 Å². The molecule has 0 fully saturated rings. The van der Waals surface area contributed by atoms with Crippen molar-refractivity contribution in [1.29, 1.82) is 0 Å². The summed E-state index contributed by atoms with van der Waals surface area (Å²) in [5, 5.41) is 0. The van der Waals surface area contributed by atoms with Crippen molar-refractivity contribution >= 4 is 35.9 Å². The molecule has 0 radical (unpaired) electrons. The molecule has 25 heavy (non-hydrogen) atoms. The number of benzene rings is 2. The van der Waals surface area contributed by atoms with Gasteiger partial charge in [0.1, 0.15) is 0 Å². The van der Waals surface area contributed by atoms with Gasteiger partial charge in [0.2, 0.25) is 0 Å². The van der Waals surface area contributed by atoms with Gasteiger partial charge in [0.25, 0.3) is 0 Å². The number of rotatable bonds is 2. The normalized spacial score (nSPS) is 17.7. The Balaban J connectivity index is 2.38. The van der Waals surface area contributed by atoms with Crippen LogP contribution in [0.5, 0.6) is 0 Å². The molecule has 0 N–H and O–H groups in total. The molecule has 1 heterocycles. The first-order chi connectivity index (χ1) is 11.4. The predicted molar refractivity (Wildman–Crippen MR) is 79.0 cm³/mol. The number of hydrogen-bond acceptors (Lipinski definition) is 3.